The fraction of sp³-hybridized carbons (Fsp3) is 0.154. The molecule has 0 atom stereocenters. The molecule has 0 bridgehead atoms. The molecule has 2 heteroatoms. The van der Waals surface area contributed by atoms with E-state index in [9.17, 15) is 0 Å². The van der Waals surface area contributed by atoms with Crippen molar-refractivity contribution in [2.45, 2.75) is 13.3 Å². The minimum atomic E-state index is 0.961. The van der Waals surface area contributed by atoms with Crippen LogP contribution in [0.15, 0.2) is 66.7 Å². The lowest BCUT2D eigenvalue weighted by molar-refractivity contribution is 0.412. The van der Waals surface area contributed by atoms with Gasteiger partial charge in [0.05, 0.1) is 7.11 Å². The van der Waals surface area contributed by atoms with Gasteiger partial charge in [0.25, 0.3) is 0 Å². The lowest BCUT2D eigenvalue weighted by Gasteiger charge is -2.24. The molecule has 0 aliphatic carbocycles. The molecule has 0 N–H and O–H groups in total. The number of aryl methyl sites for hydroxylation is 1. The molecule has 0 saturated heterocycles. The molecule has 0 fully saturated rings. The van der Waals surface area contributed by atoms with Crippen molar-refractivity contribution in [3.05, 3.63) is 77.9 Å². The molecular formula is C26H21NO. The molecule has 136 valence electrons. The van der Waals surface area contributed by atoms with Crippen molar-refractivity contribution < 1.29 is 4.74 Å². The van der Waals surface area contributed by atoms with Crippen molar-refractivity contribution in [1.29, 1.82) is 0 Å². The lowest BCUT2D eigenvalue weighted by Crippen LogP contribution is -2.13. The average molecular weight is 363 g/mol. The molecule has 6 rings (SSSR count). The summed E-state index contributed by atoms with van der Waals surface area (Å²) < 4.78 is 5.61. The maximum atomic E-state index is 5.61. The van der Waals surface area contributed by atoms with E-state index >= 15 is 0 Å². The van der Waals surface area contributed by atoms with Gasteiger partial charge < -0.3 is 9.64 Å². The summed E-state index contributed by atoms with van der Waals surface area (Å²) in [6, 6.07) is 24.7. The zero-order valence-electron chi connectivity index (χ0n) is 16.1. The molecule has 0 unspecified atom stereocenters. The van der Waals surface area contributed by atoms with Crippen LogP contribution in [0.5, 0.6) is 5.75 Å². The molecule has 5 aromatic rings. The van der Waals surface area contributed by atoms with Crippen molar-refractivity contribution in [2.75, 3.05) is 18.6 Å². The van der Waals surface area contributed by atoms with E-state index in [-0.39, 0.29) is 0 Å². The highest BCUT2D eigenvalue weighted by Gasteiger charge is 2.24. The second-order valence-corrected chi connectivity index (χ2v) is 7.79. The summed E-state index contributed by atoms with van der Waals surface area (Å²) in [6.45, 7) is 3.13. The van der Waals surface area contributed by atoms with Crippen molar-refractivity contribution in [1.82, 2.24) is 0 Å². The number of hydrogen-bond acceptors (Lipinski definition) is 2. The highest BCUT2D eigenvalue weighted by atomic mass is 16.5. The van der Waals surface area contributed by atoms with E-state index in [1.54, 1.807) is 7.11 Å². The van der Waals surface area contributed by atoms with Gasteiger partial charge in [-0.2, -0.15) is 0 Å². The average Bonchev–Trinajstić information content (AvgIpc) is 3.13. The summed E-state index contributed by atoms with van der Waals surface area (Å²) in [5.74, 6) is 0.961. The van der Waals surface area contributed by atoms with E-state index in [1.807, 2.05) is 0 Å². The fourth-order valence-electron chi connectivity index (χ4n) is 4.97. The Bertz CT molecular complexity index is 1350. The quantitative estimate of drug-likeness (QED) is 0.328. The van der Waals surface area contributed by atoms with Crippen LogP contribution in [-0.2, 0) is 6.42 Å². The van der Waals surface area contributed by atoms with Gasteiger partial charge in [0, 0.05) is 29.4 Å². The number of hydrogen-bond donors (Lipinski definition) is 0. The Kier molecular flexibility index (Phi) is 3.16. The number of ether oxygens (including phenoxy) is 1. The predicted octanol–water partition coefficient (Wildman–Crippen LogP) is 6.60. The van der Waals surface area contributed by atoms with Crippen molar-refractivity contribution in [3.63, 3.8) is 0 Å². The Labute approximate surface area is 164 Å². The SMILES string of the molecule is COc1cc2c(cc1C)CCN2c1ccc2ccc3cccc4ccc1c2c34. The smallest absolute Gasteiger partial charge is 0.123 e. The molecule has 0 amide bonds. The van der Waals surface area contributed by atoms with Gasteiger partial charge in [0.2, 0.25) is 0 Å². The number of rotatable bonds is 2. The first-order valence-electron chi connectivity index (χ1n) is 9.86. The predicted molar refractivity (Wildman–Crippen MR) is 119 cm³/mol. The number of fused-ring (bicyclic) bond motifs is 1. The topological polar surface area (TPSA) is 12.5 Å². The van der Waals surface area contributed by atoms with Crippen LogP contribution in [0.3, 0.4) is 0 Å². The second-order valence-electron chi connectivity index (χ2n) is 7.79. The van der Waals surface area contributed by atoms with Crippen LogP contribution in [0.1, 0.15) is 11.1 Å². The molecular weight excluding hydrogens is 342 g/mol. The molecule has 0 spiro atoms. The van der Waals surface area contributed by atoms with Gasteiger partial charge in [-0.3, -0.25) is 0 Å². The van der Waals surface area contributed by atoms with Gasteiger partial charge >= 0.3 is 0 Å². The second kappa shape index (κ2) is 5.62. The first-order chi connectivity index (χ1) is 13.7. The zero-order valence-corrected chi connectivity index (χ0v) is 16.1. The van der Waals surface area contributed by atoms with Gasteiger partial charge in [0.15, 0.2) is 0 Å². The van der Waals surface area contributed by atoms with E-state index in [4.69, 9.17) is 4.74 Å². The number of benzene rings is 5. The van der Waals surface area contributed by atoms with Crippen LogP contribution in [0.25, 0.3) is 32.3 Å². The summed E-state index contributed by atoms with van der Waals surface area (Å²) in [5, 5.41) is 8.01. The van der Waals surface area contributed by atoms with Crippen molar-refractivity contribution in [3.8, 4) is 5.75 Å². The number of anilines is 2. The molecule has 5 aromatic carbocycles. The van der Waals surface area contributed by atoms with E-state index in [1.165, 1.54) is 54.8 Å². The highest BCUT2D eigenvalue weighted by molar-refractivity contribution is 6.25. The number of nitrogens with zero attached hydrogens (tertiary/aromatic N) is 1. The van der Waals surface area contributed by atoms with Gasteiger partial charge in [-0.15, -0.1) is 0 Å². The Morgan fingerprint density at radius 3 is 2.29 bits per heavy atom. The van der Waals surface area contributed by atoms with Crippen LogP contribution >= 0.6 is 0 Å². The van der Waals surface area contributed by atoms with Crippen LogP contribution in [0, 0.1) is 6.92 Å². The molecule has 1 aliphatic rings. The first kappa shape index (κ1) is 15.8. The van der Waals surface area contributed by atoms with Crippen LogP contribution in [0.4, 0.5) is 11.4 Å². The molecule has 0 saturated carbocycles. The standard InChI is InChI=1S/C26H21NO/c1-16-14-20-12-13-27(23(20)15-24(16)28-2)22-11-9-19-7-6-17-4-3-5-18-8-10-21(22)26(19)25(17)18/h3-11,14-15H,12-13H2,1-2H3. The van der Waals surface area contributed by atoms with Crippen LogP contribution in [-0.4, -0.2) is 13.7 Å². The van der Waals surface area contributed by atoms with Gasteiger partial charge in [-0.05, 0) is 57.5 Å². The van der Waals surface area contributed by atoms with Gasteiger partial charge in [-0.25, -0.2) is 0 Å². The third kappa shape index (κ3) is 2.03. The summed E-state index contributed by atoms with van der Waals surface area (Å²) in [7, 11) is 1.75. The molecule has 1 aliphatic heterocycles. The Balaban J connectivity index is 1.65. The minimum Gasteiger partial charge on any atom is -0.496 e. The molecule has 28 heavy (non-hydrogen) atoms. The monoisotopic (exact) mass is 363 g/mol. The summed E-state index contributed by atoms with van der Waals surface area (Å²) in [4.78, 5) is 2.46. The van der Waals surface area contributed by atoms with Crippen molar-refractivity contribution >= 4 is 43.7 Å². The molecule has 0 aromatic heterocycles. The lowest BCUT2D eigenvalue weighted by atomic mass is 9.93. The third-order valence-electron chi connectivity index (χ3n) is 6.29. The Morgan fingerprint density at radius 1 is 0.786 bits per heavy atom. The third-order valence-corrected chi connectivity index (χ3v) is 6.29. The van der Waals surface area contributed by atoms with Crippen molar-refractivity contribution in [2.24, 2.45) is 0 Å². The maximum absolute atomic E-state index is 5.61. The maximum Gasteiger partial charge on any atom is 0.123 e. The van der Waals surface area contributed by atoms with Crippen LogP contribution in [0.2, 0.25) is 0 Å². The summed E-state index contributed by atoms with van der Waals surface area (Å²) in [5.41, 5.74) is 5.18. The summed E-state index contributed by atoms with van der Waals surface area (Å²) in [6.07, 6.45) is 1.07. The highest BCUT2D eigenvalue weighted by Crippen LogP contribution is 2.44. The molecule has 2 nitrogen and oxygen atoms in total. The Morgan fingerprint density at radius 2 is 1.50 bits per heavy atom. The number of methoxy groups -OCH3 is 1. The first-order valence-corrected chi connectivity index (χ1v) is 9.86. The normalized spacial score (nSPS) is 13.7. The van der Waals surface area contributed by atoms with Gasteiger partial charge in [-0.1, -0.05) is 54.6 Å². The zero-order chi connectivity index (χ0) is 18.8. The van der Waals surface area contributed by atoms with Crippen LogP contribution < -0.4 is 9.64 Å². The molecule has 0 radical (unpaired) electrons. The van der Waals surface area contributed by atoms with E-state index in [0.717, 1.165) is 18.7 Å². The minimum absolute atomic E-state index is 0.961. The Hall–Kier alpha value is -3.26. The van der Waals surface area contributed by atoms with Gasteiger partial charge in [0.1, 0.15) is 5.75 Å². The fourth-order valence-corrected chi connectivity index (χ4v) is 4.97. The summed E-state index contributed by atoms with van der Waals surface area (Å²) >= 11 is 0. The van der Waals surface area contributed by atoms with E-state index < -0.39 is 0 Å². The van der Waals surface area contributed by atoms with E-state index in [2.05, 4.69) is 78.6 Å². The largest absolute Gasteiger partial charge is 0.496 e. The van der Waals surface area contributed by atoms with E-state index in [0.29, 0.717) is 0 Å². The molecule has 1 heterocycles.